The third-order valence-corrected chi connectivity index (χ3v) is 2.53. The Balaban J connectivity index is 2.52. The topological polar surface area (TPSA) is 9.23 Å². The summed E-state index contributed by atoms with van der Waals surface area (Å²) in [6, 6.07) is 4.36. The predicted molar refractivity (Wildman–Crippen MR) is 55.1 cm³/mol. The molecule has 13 heavy (non-hydrogen) atoms. The first-order chi connectivity index (χ1) is 6.31. The van der Waals surface area contributed by atoms with Crippen molar-refractivity contribution in [3.63, 3.8) is 0 Å². The number of hydrogen-bond donors (Lipinski definition) is 0. The Morgan fingerprint density at radius 3 is 2.92 bits per heavy atom. The molecule has 0 bridgehead atoms. The van der Waals surface area contributed by atoms with Gasteiger partial charge in [0.05, 0.1) is 7.11 Å². The summed E-state index contributed by atoms with van der Waals surface area (Å²) in [6.45, 7) is 2.09. The van der Waals surface area contributed by atoms with E-state index in [9.17, 15) is 0 Å². The molecule has 0 radical (unpaired) electrons. The molecule has 0 atom stereocenters. The van der Waals surface area contributed by atoms with E-state index in [1.165, 1.54) is 23.1 Å². The summed E-state index contributed by atoms with van der Waals surface area (Å²) in [5, 5.41) is 0. The Morgan fingerprint density at radius 1 is 1.31 bits per heavy atom. The Morgan fingerprint density at radius 2 is 2.15 bits per heavy atom. The molecule has 1 nitrogen and oxygen atoms in total. The van der Waals surface area contributed by atoms with Crippen molar-refractivity contribution in [3.8, 4) is 5.75 Å². The maximum atomic E-state index is 5.28. The lowest BCUT2D eigenvalue weighted by Gasteiger charge is -2.13. The summed E-state index contributed by atoms with van der Waals surface area (Å²) in [5.74, 6) is 0.991. The van der Waals surface area contributed by atoms with E-state index in [0.717, 1.165) is 12.2 Å². The quantitative estimate of drug-likeness (QED) is 0.636. The lowest BCUT2D eigenvalue weighted by Crippen LogP contribution is -1.97. The van der Waals surface area contributed by atoms with Crippen LogP contribution in [0.2, 0.25) is 0 Å². The van der Waals surface area contributed by atoms with Crippen molar-refractivity contribution in [3.05, 3.63) is 34.9 Å². The molecule has 0 fully saturated rings. The zero-order valence-corrected chi connectivity index (χ0v) is 8.13. The number of ether oxygens (including phenoxy) is 1. The third-order valence-electron chi connectivity index (χ3n) is 2.53. The summed E-state index contributed by atoms with van der Waals surface area (Å²) in [5.41, 5.74) is 3.99. The maximum absolute atomic E-state index is 5.28. The van der Waals surface area contributed by atoms with Crippen molar-refractivity contribution in [2.24, 2.45) is 0 Å². The Hall–Kier alpha value is -1.24. The third kappa shape index (κ3) is 1.46. The number of rotatable bonds is 1. The SMILES string of the molecule is COc1cc2c(cc1C)CCC=C2. The molecule has 0 unspecified atom stereocenters. The van der Waals surface area contributed by atoms with E-state index in [1.54, 1.807) is 7.11 Å². The highest BCUT2D eigenvalue weighted by atomic mass is 16.5. The second-order valence-electron chi connectivity index (χ2n) is 3.46. The van der Waals surface area contributed by atoms with Crippen LogP contribution in [0, 0.1) is 6.92 Å². The molecule has 2 rings (SSSR count). The van der Waals surface area contributed by atoms with Gasteiger partial charge in [-0.1, -0.05) is 18.2 Å². The summed E-state index contributed by atoms with van der Waals surface area (Å²) < 4.78 is 5.28. The Labute approximate surface area is 79.0 Å². The highest BCUT2D eigenvalue weighted by Crippen LogP contribution is 2.27. The van der Waals surface area contributed by atoms with E-state index in [0.29, 0.717) is 0 Å². The first-order valence-electron chi connectivity index (χ1n) is 4.65. The molecule has 1 aromatic carbocycles. The largest absolute Gasteiger partial charge is 0.496 e. The molecular weight excluding hydrogens is 160 g/mol. The number of hydrogen-bond acceptors (Lipinski definition) is 1. The highest BCUT2D eigenvalue weighted by molar-refractivity contribution is 5.60. The van der Waals surface area contributed by atoms with E-state index in [4.69, 9.17) is 4.74 Å². The van der Waals surface area contributed by atoms with Gasteiger partial charge in [-0.3, -0.25) is 0 Å². The number of aryl methyl sites for hydroxylation is 2. The molecule has 0 N–H and O–H groups in total. The lowest BCUT2D eigenvalue weighted by molar-refractivity contribution is 0.411. The second kappa shape index (κ2) is 3.25. The maximum Gasteiger partial charge on any atom is 0.122 e. The zero-order valence-electron chi connectivity index (χ0n) is 8.13. The summed E-state index contributed by atoms with van der Waals surface area (Å²) in [7, 11) is 1.72. The number of fused-ring (bicyclic) bond motifs is 1. The standard InChI is InChI=1S/C12H14O/c1-9-7-10-5-3-4-6-11(10)8-12(9)13-2/h4,6-8H,3,5H2,1-2H3. The summed E-state index contributed by atoms with van der Waals surface area (Å²) in [4.78, 5) is 0. The van der Waals surface area contributed by atoms with Crippen molar-refractivity contribution < 1.29 is 4.74 Å². The number of allylic oxidation sites excluding steroid dienone is 1. The van der Waals surface area contributed by atoms with Gasteiger partial charge in [0.2, 0.25) is 0 Å². The second-order valence-corrected chi connectivity index (χ2v) is 3.46. The Bertz CT molecular complexity index is 350. The van der Waals surface area contributed by atoms with Gasteiger partial charge in [0, 0.05) is 0 Å². The molecule has 0 heterocycles. The fraction of sp³-hybridized carbons (Fsp3) is 0.333. The fourth-order valence-electron chi connectivity index (χ4n) is 1.80. The van der Waals surface area contributed by atoms with E-state index >= 15 is 0 Å². The van der Waals surface area contributed by atoms with Gasteiger partial charge >= 0.3 is 0 Å². The molecule has 1 heteroatoms. The van der Waals surface area contributed by atoms with Gasteiger partial charge in [0.15, 0.2) is 0 Å². The monoisotopic (exact) mass is 174 g/mol. The van der Waals surface area contributed by atoms with Crippen LogP contribution in [-0.4, -0.2) is 7.11 Å². The molecule has 0 spiro atoms. The summed E-state index contributed by atoms with van der Waals surface area (Å²) >= 11 is 0. The first kappa shape index (κ1) is 8.36. The average Bonchev–Trinajstić information content (AvgIpc) is 2.17. The van der Waals surface area contributed by atoms with Crippen molar-refractivity contribution in [2.75, 3.05) is 7.11 Å². The minimum atomic E-state index is 0.991. The van der Waals surface area contributed by atoms with Gasteiger partial charge in [-0.25, -0.2) is 0 Å². The Kier molecular flexibility index (Phi) is 2.09. The molecule has 0 aromatic heterocycles. The van der Waals surface area contributed by atoms with E-state index < -0.39 is 0 Å². The van der Waals surface area contributed by atoms with Crippen LogP contribution in [0.5, 0.6) is 5.75 Å². The highest BCUT2D eigenvalue weighted by Gasteiger charge is 2.07. The van der Waals surface area contributed by atoms with Gasteiger partial charge in [0.25, 0.3) is 0 Å². The van der Waals surface area contributed by atoms with Crippen LogP contribution in [0.4, 0.5) is 0 Å². The predicted octanol–water partition coefficient (Wildman–Crippen LogP) is 2.96. The molecule has 0 saturated carbocycles. The van der Waals surface area contributed by atoms with Crippen LogP contribution in [-0.2, 0) is 6.42 Å². The van der Waals surface area contributed by atoms with Crippen LogP contribution >= 0.6 is 0 Å². The lowest BCUT2D eigenvalue weighted by atomic mass is 9.95. The number of methoxy groups -OCH3 is 1. The van der Waals surface area contributed by atoms with Gasteiger partial charge < -0.3 is 4.74 Å². The van der Waals surface area contributed by atoms with Crippen LogP contribution in [0.1, 0.15) is 23.1 Å². The van der Waals surface area contributed by atoms with Crippen LogP contribution in [0.3, 0.4) is 0 Å². The van der Waals surface area contributed by atoms with E-state index in [-0.39, 0.29) is 0 Å². The molecule has 1 aliphatic carbocycles. The van der Waals surface area contributed by atoms with Crippen molar-refractivity contribution in [1.82, 2.24) is 0 Å². The zero-order chi connectivity index (χ0) is 9.26. The van der Waals surface area contributed by atoms with E-state index in [2.05, 4.69) is 31.2 Å². The fourth-order valence-corrected chi connectivity index (χ4v) is 1.80. The van der Waals surface area contributed by atoms with Gasteiger partial charge in [-0.2, -0.15) is 0 Å². The molecule has 0 amide bonds. The summed E-state index contributed by atoms with van der Waals surface area (Å²) in [6.07, 6.45) is 6.73. The van der Waals surface area contributed by atoms with Crippen molar-refractivity contribution in [1.29, 1.82) is 0 Å². The molecule has 68 valence electrons. The average molecular weight is 174 g/mol. The molecule has 1 aromatic rings. The molecule has 0 saturated heterocycles. The number of benzene rings is 1. The van der Waals surface area contributed by atoms with Gasteiger partial charge in [0.1, 0.15) is 5.75 Å². The molecule has 0 aliphatic heterocycles. The van der Waals surface area contributed by atoms with Crippen LogP contribution in [0.25, 0.3) is 6.08 Å². The minimum absolute atomic E-state index is 0.991. The smallest absolute Gasteiger partial charge is 0.122 e. The van der Waals surface area contributed by atoms with Crippen LogP contribution < -0.4 is 4.74 Å². The van der Waals surface area contributed by atoms with E-state index in [1.807, 2.05) is 0 Å². The molecule has 1 aliphatic rings. The van der Waals surface area contributed by atoms with Crippen molar-refractivity contribution >= 4 is 6.08 Å². The van der Waals surface area contributed by atoms with Gasteiger partial charge in [-0.15, -0.1) is 0 Å². The first-order valence-corrected chi connectivity index (χ1v) is 4.65. The van der Waals surface area contributed by atoms with Gasteiger partial charge in [-0.05, 0) is 42.5 Å². The molecular formula is C12H14O. The normalized spacial score (nSPS) is 14.0. The van der Waals surface area contributed by atoms with Crippen molar-refractivity contribution in [2.45, 2.75) is 19.8 Å². The van der Waals surface area contributed by atoms with Crippen LogP contribution in [0.15, 0.2) is 18.2 Å². The minimum Gasteiger partial charge on any atom is -0.496 e.